The van der Waals surface area contributed by atoms with E-state index in [4.69, 9.17) is 14.6 Å². The number of carboxylic acid groups (broad SMARTS) is 1. The summed E-state index contributed by atoms with van der Waals surface area (Å²) in [7, 11) is 1.55. The zero-order valence-corrected chi connectivity index (χ0v) is 16.2. The third-order valence-electron chi connectivity index (χ3n) is 5.07. The van der Waals surface area contributed by atoms with Gasteiger partial charge in [0.15, 0.2) is 17.3 Å². The van der Waals surface area contributed by atoms with Gasteiger partial charge in [-0.25, -0.2) is 4.79 Å². The average Bonchev–Trinajstić information content (AvgIpc) is 3.15. The van der Waals surface area contributed by atoms with Gasteiger partial charge in [-0.1, -0.05) is 36.4 Å². The second-order valence-electron chi connectivity index (χ2n) is 7.05. The zero-order valence-electron chi connectivity index (χ0n) is 16.2. The van der Waals surface area contributed by atoms with Gasteiger partial charge in [0.2, 0.25) is 0 Å². The van der Waals surface area contributed by atoms with Gasteiger partial charge in [0.25, 0.3) is 0 Å². The Bertz CT molecular complexity index is 850. The first kappa shape index (κ1) is 19.7. The fourth-order valence-electron chi connectivity index (χ4n) is 3.68. The largest absolute Gasteiger partial charge is 0.493 e. The number of carbonyl (C=O) groups is 2. The first-order chi connectivity index (χ1) is 13.5. The molecule has 1 heterocycles. The van der Waals surface area contributed by atoms with E-state index in [1.807, 2.05) is 42.5 Å². The van der Waals surface area contributed by atoms with E-state index in [1.54, 1.807) is 7.11 Å². The maximum Gasteiger partial charge on any atom is 0.407 e. The predicted molar refractivity (Wildman–Crippen MR) is 105 cm³/mol. The van der Waals surface area contributed by atoms with Crippen LogP contribution in [0.3, 0.4) is 0 Å². The van der Waals surface area contributed by atoms with Crippen molar-refractivity contribution < 1.29 is 24.2 Å². The quantitative estimate of drug-likeness (QED) is 0.731. The van der Waals surface area contributed by atoms with E-state index < -0.39 is 6.09 Å². The van der Waals surface area contributed by atoms with Gasteiger partial charge in [0.05, 0.1) is 12.7 Å². The van der Waals surface area contributed by atoms with Crippen molar-refractivity contribution in [2.45, 2.75) is 26.4 Å². The van der Waals surface area contributed by atoms with E-state index in [1.165, 1.54) is 11.8 Å². The van der Waals surface area contributed by atoms with Gasteiger partial charge < -0.3 is 19.5 Å². The molecule has 0 bridgehead atoms. The third-order valence-corrected chi connectivity index (χ3v) is 5.07. The zero-order chi connectivity index (χ0) is 20.1. The highest BCUT2D eigenvalue weighted by molar-refractivity contribution is 5.99. The van der Waals surface area contributed by atoms with E-state index in [0.717, 1.165) is 17.5 Å². The molecule has 1 atom stereocenters. The lowest BCUT2D eigenvalue weighted by Crippen LogP contribution is -2.27. The summed E-state index contributed by atoms with van der Waals surface area (Å²) >= 11 is 0. The van der Waals surface area contributed by atoms with Crippen LogP contribution in [0, 0.1) is 5.92 Å². The van der Waals surface area contributed by atoms with Gasteiger partial charge in [-0.15, -0.1) is 0 Å². The molecule has 0 aromatic heterocycles. The molecule has 3 rings (SSSR count). The van der Waals surface area contributed by atoms with Crippen molar-refractivity contribution >= 4 is 11.9 Å². The molecule has 1 amide bonds. The Hall–Kier alpha value is -3.02. The molecule has 1 saturated heterocycles. The molecule has 2 aromatic carbocycles. The molecule has 28 heavy (non-hydrogen) atoms. The molecule has 0 radical (unpaired) electrons. The number of rotatable bonds is 7. The Labute approximate surface area is 164 Å². The van der Waals surface area contributed by atoms with Gasteiger partial charge in [-0.05, 0) is 42.9 Å². The number of nitrogens with zero attached hydrogens (tertiary/aromatic N) is 1. The standard InChI is InChI=1S/C22H25NO5/c1-15(24)20-18(12-17-10-11-23(13-17)22(25)26)8-9-19(27-2)21(20)28-14-16-6-4-3-5-7-16/h3-9,17H,10-14H2,1-2H3,(H,25,26). The summed E-state index contributed by atoms with van der Waals surface area (Å²) in [6.45, 7) is 2.87. The lowest BCUT2D eigenvalue weighted by molar-refractivity contribution is 0.101. The highest BCUT2D eigenvalue weighted by Crippen LogP contribution is 2.36. The van der Waals surface area contributed by atoms with E-state index in [0.29, 0.717) is 43.2 Å². The van der Waals surface area contributed by atoms with Crippen LogP contribution in [-0.2, 0) is 13.0 Å². The van der Waals surface area contributed by atoms with E-state index in [2.05, 4.69) is 0 Å². The summed E-state index contributed by atoms with van der Waals surface area (Å²) in [6.07, 6.45) is 0.524. The summed E-state index contributed by atoms with van der Waals surface area (Å²) in [5.74, 6) is 1.06. The van der Waals surface area contributed by atoms with Crippen LogP contribution in [0.15, 0.2) is 42.5 Å². The van der Waals surface area contributed by atoms with E-state index in [9.17, 15) is 9.59 Å². The number of Topliss-reactive ketones (excluding diaryl/α,β-unsaturated/α-hetero) is 1. The average molecular weight is 383 g/mol. The summed E-state index contributed by atoms with van der Waals surface area (Å²) in [5, 5.41) is 9.17. The molecular weight excluding hydrogens is 358 g/mol. The smallest absolute Gasteiger partial charge is 0.407 e. The van der Waals surface area contributed by atoms with Crippen LogP contribution in [0.4, 0.5) is 4.79 Å². The number of amides is 1. The minimum atomic E-state index is -0.893. The Morgan fingerprint density at radius 3 is 2.54 bits per heavy atom. The van der Waals surface area contributed by atoms with Crippen molar-refractivity contribution in [3.63, 3.8) is 0 Å². The van der Waals surface area contributed by atoms with Gasteiger partial charge in [0.1, 0.15) is 6.61 Å². The molecular formula is C22H25NO5. The van der Waals surface area contributed by atoms with Crippen molar-refractivity contribution in [2.75, 3.05) is 20.2 Å². The number of likely N-dealkylation sites (tertiary alicyclic amines) is 1. The number of carbonyl (C=O) groups excluding carboxylic acids is 1. The Balaban J connectivity index is 1.86. The SMILES string of the molecule is COc1ccc(CC2CCN(C(=O)O)C2)c(C(C)=O)c1OCc1ccccc1. The normalized spacial score (nSPS) is 16.1. The Morgan fingerprint density at radius 2 is 1.93 bits per heavy atom. The molecule has 6 heteroatoms. The molecule has 1 unspecified atom stereocenters. The number of benzene rings is 2. The second-order valence-corrected chi connectivity index (χ2v) is 7.05. The number of ketones is 1. The third kappa shape index (κ3) is 4.44. The second kappa shape index (κ2) is 8.78. The highest BCUT2D eigenvalue weighted by Gasteiger charge is 2.28. The van der Waals surface area contributed by atoms with Crippen molar-refractivity contribution in [3.05, 3.63) is 59.2 Å². The molecule has 148 valence electrons. The van der Waals surface area contributed by atoms with Gasteiger partial charge in [0, 0.05) is 13.1 Å². The minimum absolute atomic E-state index is 0.0925. The number of hydrogen-bond acceptors (Lipinski definition) is 4. The minimum Gasteiger partial charge on any atom is -0.493 e. The van der Waals surface area contributed by atoms with Gasteiger partial charge >= 0.3 is 6.09 Å². The van der Waals surface area contributed by atoms with Crippen molar-refractivity contribution in [2.24, 2.45) is 5.92 Å². The van der Waals surface area contributed by atoms with Gasteiger partial charge in [-0.2, -0.15) is 0 Å². The number of methoxy groups -OCH3 is 1. The van der Waals surface area contributed by atoms with Crippen LogP contribution in [0.5, 0.6) is 11.5 Å². The maximum absolute atomic E-state index is 12.5. The molecule has 6 nitrogen and oxygen atoms in total. The van der Waals surface area contributed by atoms with Crippen LogP contribution >= 0.6 is 0 Å². The lowest BCUT2D eigenvalue weighted by atomic mass is 9.92. The Kier molecular flexibility index (Phi) is 6.19. The van der Waals surface area contributed by atoms with Gasteiger partial charge in [-0.3, -0.25) is 4.79 Å². The molecule has 0 spiro atoms. The number of hydrogen-bond donors (Lipinski definition) is 1. The molecule has 0 aliphatic carbocycles. The number of ether oxygens (including phenoxy) is 2. The van der Waals surface area contributed by atoms with Crippen LogP contribution < -0.4 is 9.47 Å². The Morgan fingerprint density at radius 1 is 1.18 bits per heavy atom. The van der Waals surface area contributed by atoms with Crippen molar-refractivity contribution in [3.8, 4) is 11.5 Å². The summed E-state index contributed by atoms with van der Waals surface area (Å²) in [6, 6.07) is 13.4. The van der Waals surface area contributed by atoms with E-state index >= 15 is 0 Å². The van der Waals surface area contributed by atoms with Crippen LogP contribution in [-0.4, -0.2) is 42.1 Å². The summed E-state index contributed by atoms with van der Waals surface area (Å²) < 4.78 is 11.5. The molecule has 0 saturated carbocycles. The topological polar surface area (TPSA) is 76.1 Å². The summed E-state index contributed by atoms with van der Waals surface area (Å²) in [4.78, 5) is 25.1. The molecule has 2 aromatic rings. The first-order valence-electron chi connectivity index (χ1n) is 9.35. The fraction of sp³-hybridized carbons (Fsp3) is 0.364. The fourth-order valence-corrected chi connectivity index (χ4v) is 3.68. The monoisotopic (exact) mass is 383 g/mol. The van der Waals surface area contributed by atoms with Crippen LogP contribution in [0.2, 0.25) is 0 Å². The summed E-state index contributed by atoms with van der Waals surface area (Å²) in [5.41, 5.74) is 2.38. The van der Waals surface area contributed by atoms with Crippen LogP contribution in [0.25, 0.3) is 0 Å². The van der Waals surface area contributed by atoms with Crippen molar-refractivity contribution in [1.29, 1.82) is 0 Å². The predicted octanol–water partition coefficient (Wildman–Crippen LogP) is 4.02. The molecule has 1 fully saturated rings. The van der Waals surface area contributed by atoms with Crippen LogP contribution in [0.1, 0.15) is 34.8 Å². The lowest BCUT2D eigenvalue weighted by Gasteiger charge is -2.19. The maximum atomic E-state index is 12.5. The van der Waals surface area contributed by atoms with E-state index in [-0.39, 0.29) is 11.7 Å². The molecule has 1 aliphatic rings. The first-order valence-corrected chi connectivity index (χ1v) is 9.35. The highest BCUT2D eigenvalue weighted by atomic mass is 16.5. The molecule has 1 aliphatic heterocycles. The van der Waals surface area contributed by atoms with Crippen molar-refractivity contribution in [1.82, 2.24) is 4.90 Å². The molecule has 1 N–H and O–H groups in total.